The van der Waals surface area contributed by atoms with E-state index < -0.39 is 6.04 Å². The minimum absolute atomic E-state index is 0.0614. The van der Waals surface area contributed by atoms with Crippen molar-refractivity contribution in [1.29, 1.82) is 0 Å². The van der Waals surface area contributed by atoms with Crippen molar-refractivity contribution in [2.24, 2.45) is 11.8 Å². The third-order valence-corrected chi connectivity index (χ3v) is 5.29. The molecule has 2 fully saturated rings. The summed E-state index contributed by atoms with van der Waals surface area (Å²) >= 11 is 0. The van der Waals surface area contributed by atoms with Crippen LogP contribution in [0.3, 0.4) is 0 Å². The van der Waals surface area contributed by atoms with E-state index in [2.05, 4.69) is 17.5 Å². The SMILES string of the molecule is C[C@H](NC(=O)N1CC2CC=CCC2C1)C(=O)N1CCCCC1. The molecule has 2 unspecified atom stereocenters. The van der Waals surface area contributed by atoms with E-state index in [1.165, 1.54) is 6.42 Å². The van der Waals surface area contributed by atoms with Crippen molar-refractivity contribution in [3.8, 4) is 0 Å². The van der Waals surface area contributed by atoms with E-state index in [0.717, 1.165) is 51.9 Å². The van der Waals surface area contributed by atoms with Crippen LogP contribution < -0.4 is 5.32 Å². The van der Waals surface area contributed by atoms with Gasteiger partial charge in [0.25, 0.3) is 0 Å². The largest absolute Gasteiger partial charge is 0.341 e. The topological polar surface area (TPSA) is 52.7 Å². The fraction of sp³-hybridized carbons (Fsp3) is 0.765. The average Bonchev–Trinajstić information content (AvgIpc) is 2.99. The van der Waals surface area contributed by atoms with Gasteiger partial charge in [0.2, 0.25) is 5.91 Å². The van der Waals surface area contributed by atoms with Gasteiger partial charge in [-0.25, -0.2) is 4.79 Å². The Kier molecular flexibility index (Phi) is 4.69. The van der Waals surface area contributed by atoms with Crippen LogP contribution in [0.25, 0.3) is 0 Å². The van der Waals surface area contributed by atoms with Gasteiger partial charge in [-0.2, -0.15) is 0 Å². The van der Waals surface area contributed by atoms with Crippen LogP contribution >= 0.6 is 0 Å². The zero-order chi connectivity index (χ0) is 15.5. The van der Waals surface area contributed by atoms with E-state index >= 15 is 0 Å². The highest BCUT2D eigenvalue weighted by Crippen LogP contribution is 2.32. The summed E-state index contributed by atoms with van der Waals surface area (Å²) in [4.78, 5) is 28.6. The molecule has 3 atom stereocenters. The van der Waals surface area contributed by atoms with E-state index in [1.54, 1.807) is 6.92 Å². The van der Waals surface area contributed by atoms with Gasteiger partial charge in [-0.3, -0.25) is 4.79 Å². The molecule has 2 aliphatic heterocycles. The number of hydrogen-bond donors (Lipinski definition) is 1. The molecule has 5 heteroatoms. The number of hydrogen-bond acceptors (Lipinski definition) is 2. The molecule has 122 valence electrons. The normalized spacial score (nSPS) is 29.1. The molecule has 1 aliphatic carbocycles. The summed E-state index contributed by atoms with van der Waals surface area (Å²) in [6.45, 7) is 5.12. The minimum Gasteiger partial charge on any atom is -0.341 e. The summed E-state index contributed by atoms with van der Waals surface area (Å²) in [7, 11) is 0. The fourth-order valence-electron chi connectivity index (χ4n) is 3.91. The molecule has 2 saturated heterocycles. The summed E-state index contributed by atoms with van der Waals surface area (Å²) < 4.78 is 0. The van der Waals surface area contributed by atoms with Gasteiger partial charge in [0.15, 0.2) is 0 Å². The van der Waals surface area contributed by atoms with Crippen molar-refractivity contribution in [2.45, 2.75) is 45.1 Å². The highest BCUT2D eigenvalue weighted by molar-refractivity contribution is 5.86. The number of piperidine rings is 1. The number of amides is 3. The summed E-state index contributed by atoms with van der Waals surface area (Å²) in [6.07, 6.45) is 9.97. The van der Waals surface area contributed by atoms with E-state index in [9.17, 15) is 9.59 Å². The second kappa shape index (κ2) is 6.71. The molecule has 0 aromatic carbocycles. The average molecular weight is 305 g/mol. The van der Waals surface area contributed by atoms with Gasteiger partial charge >= 0.3 is 6.03 Å². The third-order valence-electron chi connectivity index (χ3n) is 5.29. The van der Waals surface area contributed by atoms with Crippen LogP contribution in [0.15, 0.2) is 12.2 Å². The maximum Gasteiger partial charge on any atom is 0.318 e. The first kappa shape index (κ1) is 15.4. The second-order valence-corrected chi connectivity index (χ2v) is 6.93. The van der Waals surface area contributed by atoms with Crippen LogP contribution in [-0.2, 0) is 4.79 Å². The maximum absolute atomic E-state index is 12.4. The number of carbonyl (C=O) groups is 2. The van der Waals surface area contributed by atoms with Gasteiger partial charge in [0, 0.05) is 26.2 Å². The van der Waals surface area contributed by atoms with Gasteiger partial charge in [-0.05, 0) is 50.9 Å². The highest BCUT2D eigenvalue weighted by Gasteiger charge is 2.36. The first-order valence-corrected chi connectivity index (χ1v) is 8.64. The molecular weight excluding hydrogens is 278 g/mol. The van der Waals surface area contributed by atoms with Crippen molar-refractivity contribution in [1.82, 2.24) is 15.1 Å². The smallest absolute Gasteiger partial charge is 0.318 e. The molecule has 2 heterocycles. The first-order valence-electron chi connectivity index (χ1n) is 8.64. The molecule has 22 heavy (non-hydrogen) atoms. The predicted octanol–water partition coefficient (Wildman–Crippen LogP) is 1.99. The van der Waals surface area contributed by atoms with E-state index in [1.807, 2.05) is 9.80 Å². The lowest BCUT2D eigenvalue weighted by molar-refractivity contribution is -0.133. The summed E-state index contributed by atoms with van der Waals surface area (Å²) in [5, 5.41) is 2.90. The number of urea groups is 1. The van der Waals surface area contributed by atoms with Crippen molar-refractivity contribution in [3.63, 3.8) is 0 Å². The lowest BCUT2D eigenvalue weighted by Crippen LogP contribution is -2.51. The van der Waals surface area contributed by atoms with E-state index in [0.29, 0.717) is 11.8 Å². The summed E-state index contributed by atoms with van der Waals surface area (Å²) in [5.74, 6) is 1.26. The number of carbonyl (C=O) groups excluding carboxylic acids is 2. The van der Waals surface area contributed by atoms with E-state index in [-0.39, 0.29) is 11.9 Å². The van der Waals surface area contributed by atoms with Gasteiger partial charge < -0.3 is 15.1 Å². The Morgan fingerprint density at radius 1 is 1.00 bits per heavy atom. The standard InChI is InChI=1S/C17H27N3O2/c1-13(16(21)19-9-5-2-6-10-19)18-17(22)20-11-14-7-3-4-8-15(14)12-20/h3-4,13-15H,2,5-12H2,1H3,(H,18,22)/t13-,14?,15?/m0/s1. The molecule has 0 bridgehead atoms. The molecule has 0 spiro atoms. The van der Waals surface area contributed by atoms with Crippen molar-refractivity contribution < 1.29 is 9.59 Å². The quantitative estimate of drug-likeness (QED) is 0.793. The molecule has 1 N–H and O–H groups in total. The van der Waals surface area contributed by atoms with Gasteiger partial charge in [0.1, 0.15) is 6.04 Å². The minimum atomic E-state index is -0.425. The molecule has 0 aromatic rings. The Morgan fingerprint density at radius 3 is 2.18 bits per heavy atom. The van der Waals surface area contributed by atoms with Crippen LogP contribution in [0.5, 0.6) is 0 Å². The first-order chi connectivity index (χ1) is 10.6. The second-order valence-electron chi connectivity index (χ2n) is 6.93. The molecule has 3 aliphatic rings. The highest BCUT2D eigenvalue weighted by atomic mass is 16.2. The van der Waals surface area contributed by atoms with Crippen LogP contribution in [0.2, 0.25) is 0 Å². The van der Waals surface area contributed by atoms with Crippen molar-refractivity contribution >= 4 is 11.9 Å². The fourth-order valence-corrected chi connectivity index (χ4v) is 3.91. The van der Waals surface area contributed by atoms with Crippen LogP contribution in [0.4, 0.5) is 4.79 Å². The van der Waals surface area contributed by atoms with Gasteiger partial charge in [-0.1, -0.05) is 12.2 Å². The molecule has 0 saturated carbocycles. The monoisotopic (exact) mass is 305 g/mol. The number of likely N-dealkylation sites (tertiary alicyclic amines) is 2. The third kappa shape index (κ3) is 3.28. The molecule has 3 rings (SSSR count). The molecule has 5 nitrogen and oxygen atoms in total. The molecular formula is C17H27N3O2. The van der Waals surface area contributed by atoms with Crippen molar-refractivity contribution in [3.05, 3.63) is 12.2 Å². The van der Waals surface area contributed by atoms with Crippen molar-refractivity contribution in [2.75, 3.05) is 26.2 Å². The van der Waals surface area contributed by atoms with Gasteiger partial charge in [0.05, 0.1) is 0 Å². The Hall–Kier alpha value is -1.52. The number of nitrogens with zero attached hydrogens (tertiary/aromatic N) is 2. The molecule has 0 radical (unpaired) electrons. The Morgan fingerprint density at radius 2 is 1.59 bits per heavy atom. The number of nitrogens with one attached hydrogen (secondary N) is 1. The lowest BCUT2D eigenvalue weighted by atomic mass is 9.86. The van der Waals surface area contributed by atoms with E-state index in [4.69, 9.17) is 0 Å². The van der Waals surface area contributed by atoms with Crippen LogP contribution in [-0.4, -0.2) is 54.0 Å². The number of rotatable bonds is 2. The summed E-state index contributed by atoms with van der Waals surface area (Å²) in [5.41, 5.74) is 0. The number of allylic oxidation sites excluding steroid dienone is 2. The Balaban J connectivity index is 1.50. The Labute approximate surface area is 132 Å². The van der Waals surface area contributed by atoms with Crippen LogP contribution in [0, 0.1) is 11.8 Å². The molecule has 0 aromatic heterocycles. The molecule has 3 amide bonds. The van der Waals surface area contributed by atoms with Gasteiger partial charge in [-0.15, -0.1) is 0 Å². The summed E-state index contributed by atoms with van der Waals surface area (Å²) in [6, 6.07) is -0.501. The predicted molar refractivity (Wildman–Crippen MR) is 85.4 cm³/mol. The maximum atomic E-state index is 12.4. The zero-order valence-electron chi connectivity index (χ0n) is 13.5. The number of fused-ring (bicyclic) bond motifs is 1. The van der Waals surface area contributed by atoms with Crippen LogP contribution in [0.1, 0.15) is 39.0 Å². The Bertz CT molecular complexity index is 441. The zero-order valence-corrected chi connectivity index (χ0v) is 13.5. The lowest BCUT2D eigenvalue weighted by Gasteiger charge is -2.30.